The molecule has 0 bridgehead atoms. The van der Waals surface area contributed by atoms with E-state index in [0.29, 0.717) is 45.1 Å². The number of nitrogens with zero attached hydrogens (tertiary/aromatic N) is 4. The van der Waals surface area contributed by atoms with Crippen molar-refractivity contribution in [2.75, 3.05) is 53.1 Å². The molecule has 2 aromatic rings. The topological polar surface area (TPSA) is 81.1 Å². The molecule has 1 aromatic carbocycles. The zero-order valence-electron chi connectivity index (χ0n) is 16.3. The van der Waals surface area contributed by atoms with Gasteiger partial charge in [0.1, 0.15) is 5.75 Å². The smallest absolute Gasteiger partial charge is 0.272 e. The number of hydrogen-bond donors (Lipinski definition) is 1. The van der Waals surface area contributed by atoms with Gasteiger partial charge in [-0.25, -0.2) is 5.01 Å². The second kappa shape index (κ2) is 10.2. The first-order valence-corrected chi connectivity index (χ1v) is 9.18. The van der Waals surface area contributed by atoms with E-state index in [1.807, 2.05) is 35.4 Å². The first-order valence-electron chi connectivity index (χ1n) is 9.18. The van der Waals surface area contributed by atoms with Gasteiger partial charge < -0.3 is 9.47 Å². The van der Waals surface area contributed by atoms with Crippen LogP contribution in [0.3, 0.4) is 0 Å². The minimum absolute atomic E-state index is 0.0606. The SMILES string of the molecule is COCCON1CCN(NC(=O)COc2c[c]cc(-c3cnn(C)c3)c2)CC1. The highest BCUT2D eigenvalue weighted by Crippen LogP contribution is 2.22. The van der Waals surface area contributed by atoms with Crippen LogP contribution in [0.5, 0.6) is 5.75 Å². The first-order chi connectivity index (χ1) is 13.6. The molecule has 28 heavy (non-hydrogen) atoms. The van der Waals surface area contributed by atoms with Crippen molar-refractivity contribution in [2.45, 2.75) is 0 Å². The largest absolute Gasteiger partial charge is 0.484 e. The van der Waals surface area contributed by atoms with Crippen LogP contribution in [0.25, 0.3) is 11.1 Å². The second-order valence-corrected chi connectivity index (χ2v) is 6.43. The fourth-order valence-electron chi connectivity index (χ4n) is 2.81. The van der Waals surface area contributed by atoms with Crippen molar-refractivity contribution in [1.82, 2.24) is 25.3 Å². The standard InChI is InChI=1S/C19H26N5O4/c1-22-14-17(13-20-22)16-4-3-5-18(12-16)27-15-19(25)21-23-6-8-24(9-7-23)28-11-10-26-2/h4-5,12-14H,6-11,15H2,1-2H3,(H,21,25). The number of methoxy groups -OCH3 is 1. The third-order valence-electron chi connectivity index (χ3n) is 4.25. The van der Waals surface area contributed by atoms with Crippen molar-refractivity contribution in [2.24, 2.45) is 7.05 Å². The summed E-state index contributed by atoms with van der Waals surface area (Å²) in [5, 5.41) is 7.92. The quantitative estimate of drug-likeness (QED) is 0.626. The van der Waals surface area contributed by atoms with E-state index < -0.39 is 0 Å². The van der Waals surface area contributed by atoms with Gasteiger partial charge in [0.05, 0.1) is 19.4 Å². The van der Waals surface area contributed by atoms with Crippen molar-refractivity contribution >= 4 is 5.91 Å². The van der Waals surface area contributed by atoms with Crippen LogP contribution in [-0.4, -0.2) is 78.9 Å². The number of rotatable bonds is 9. The summed E-state index contributed by atoms with van der Waals surface area (Å²) in [4.78, 5) is 17.7. The Morgan fingerprint density at radius 3 is 2.75 bits per heavy atom. The van der Waals surface area contributed by atoms with Crippen molar-refractivity contribution in [3.05, 3.63) is 36.7 Å². The molecule has 1 fully saturated rings. The Morgan fingerprint density at radius 2 is 2.04 bits per heavy atom. The summed E-state index contributed by atoms with van der Waals surface area (Å²) in [6, 6.07) is 8.48. The third kappa shape index (κ3) is 6.03. The molecule has 0 atom stereocenters. The lowest BCUT2D eigenvalue weighted by Crippen LogP contribution is -2.54. The summed E-state index contributed by atoms with van der Waals surface area (Å²) in [6.45, 7) is 3.83. The molecule has 0 saturated carbocycles. The van der Waals surface area contributed by atoms with Gasteiger partial charge in [0.2, 0.25) is 0 Å². The molecule has 0 aliphatic carbocycles. The highest BCUT2D eigenvalue weighted by molar-refractivity contribution is 5.77. The number of carbonyl (C=O) groups is 1. The molecule has 0 unspecified atom stereocenters. The zero-order valence-corrected chi connectivity index (χ0v) is 16.3. The van der Waals surface area contributed by atoms with E-state index >= 15 is 0 Å². The number of carbonyl (C=O) groups excluding carboxylic acids is 1. The van der Waals surface area contributed by atoms with Crippen molar-refractivity contribution in [3.63, 3.8) is 0 Å². The lowest BCUT2D eigenvalue weighted by atomic mass is 10.1. The average Bonchev–Trinajstić information content (AvgIpc) is 3.15. The predicted molar refractivity (Wildman–Crippen MR) is 102 cm³/mol. The molecular formula is C19H26N5O4. The second-order valence-electron chi connectivity index (χ2n) is 6.43. The van der Waals surface area contributed by atoms with E-state index in [4.69, 9.17) is 14.3 Å². The van der Waals surface area contributed by atoms with E-state index in [9.17, 15) is 4.79 Å². The number of aromatic nitrogens is 2. The summed E-state index contributed by atoms with van der Waals surface area (Å²) < 4.78 is 12.3. The monoisotopic (exact) mass is 388 g/mol. The first kappa shape index (κ1) is 20.3. The Kier molecular flexibility index (Phi) is 7.38. The molecule has 1 aromatic heterocycles. The number of hydrogen-bond acceptors (Lipinski definition) is 7. The van der Waals surface area contributed by atoms with Crippen LogP contribution in [0.1, 0.15) is 0 Å². The van der Waals surface area contributed by atoms with E-state index in [2.05, 4.69) is 16.6 Å². The van der Waals surface area contributed by atoms with Crippen molar-refractivity contribution in [1.29, 1.82) is 0 Å². The Labute approximate surface area is 164 Å². The van der Waals surface area contributed by atoms with Gasteiger partial charge in [-0.1, -0.05) is 0 Å². The number of amides is 1. The molecular weight excluding hydrogens is 362 g/mol. The minimum atomic E-state index is -0.194. The van der Waals surface area contributed by atoms with Gasteiger partial charge in [-0.05, 0) is 29.8 Å². The van der Waals surface area contributed by atoms with Crippen LogP contribution in [0.4, 0.5) is 0 Å². The summed E-state index contributed by atoms with van der Waals surface area (Å²) >= 11 is 0. The molecule has 3 rings (SSSR count). The van der Waals surface area contributed by atoms with Gasteiger partial charge in [0, 0.05) is 52.1 Å². The molecule has 1 N–H and O–H groups in total. The number of ether oxygens (including phenoxy) is 2. The lowest BCUT2D eigenvalue weighted by molar-refractivity contribution is -0.188. The number of aryl methyl sites for hydroxylation is 1. The van der Waals surface area contributed by atoms with Crippen LogP contribution < -0.4 is 10.2 Å². The van der Waals surface area contributed by atoms with Crippen LogP contribution in [0.15, 0.2) is 30.6 Å². The number of hydroxylamine groups is 2. The summed E-state index contributed by atoms with van der Waals surface area (Å²) in [5.74, 6) is 0.397. The number of benzene rings is 1. The summed E-state index contributed by atoms with van der Waals surface area (Å²) in [6.07, 6.45) is 3.69. The van der Waals surface area contributed by atoms with Gasteiger partial charge in [-0.2, -0.15) is 10.2 Å². The summed E-state index contributed by atoms with van der Waals surface area (Å²) in [5.41, 5.74) is 4.78. The highest BCUT2D eigenvalue weighted by atomic mass is 16.7. The molecule has 9 heteroatoms. The minimum Gasteiger partial charge on any atom is -0.484 e. The molecule has 1 aliphatic heterocycles. The molecule has 1 radical (unpaired) electrons. The number of hydrazine groups is 1. The molecule has 1 amide bonds. The van der Waals surface area contributed by atoms with Crippen LogP contribution in [0.2, 0.25) is 0 Å². The van der Waals surface area contributed by atoms with Gasteiger partial charge in [0.15, 0.2) is 6.61 Å². The Morgan fingerprint density at radius 1 is 1.21 bits per heavy atom. The predicted octanol–water partition coefficient (Wildman–Crippen LogP) is 0.493. The molecule has 1 aliphatic rings. The Bertz CT molecular complexity index is 758. The lowest BCUT2D eigenvalue weighted by Gasteiger charge is -2.33. The maximum Gasteiger partial charge on any atom is 0.272 e. The zero-order chi connectivity index (χ0) is 19.8. The Hall–Kier alpha value is -2.46. The number of nitrogens with one attached hydrogen (secondary N) is 1. The van der Waals surface area contributed by atoms with E-state index in [1.165, 1.54) is 0 Å². The molecule has 0 spiro atoms. The molecule has 2 heterocycles. The van der Waals surface area contributed by atoms with Crippen LogP contribution in [0, 0.1) is 6.07 Å². The van der Waals surface area contributed by atoms with E-state index in [0.717, 1.165) is 11.1 Å². The third-order valence-corrected chi connectivity index (χ3v) is 4.25. The van der Waals surface area contributed by atoms with Gasteiger partial charge in [-0.15, -0.1) is 0 Å². The number of piperazine rings is 1. The van der Waals surface area contributed by atoms with Crippen molar-refractivity contribution in [3.8, 4) is 16.9 Å². The highest BCUT2D eigenvalue weighted by Gasteiger charge is 2.19. The van der Waals surface area contributed by atoms with Gasteiger partial charge >= 0.3 is 0 Å². The molecule has 1 saturated heterocycles. The van der Waals surface area contributed by atoms with Crippen LogP contribution >= 0.6 is 0 Å². The van der Waals surface area contributed by atoms with Gasteiger partial charge in [-0.3, -0.25) is 19.7 Å². The molecule has 151 valence electrons. The maximum atomic E-state index is 12.2. The fraction of sp³-hybridized carbons (Fsp3) is 0.474. The van der Waals surface area contributed by atoms with Crippen LogP contribution in [-0.2, 0) is 21.4 Å². The molecule has 9 nitrogen and oxygen atoms in total. The normalized spacial score (nSPS) is 15.5. The van der Waals surface area contributed by atoms with E-state index in [1.54, 1.807) is 24.1 Å². The maximum absolute atomic E-state index is 12.2. The van der Waals surface area contributed by atoms with E-state index in [-0.39, 0.29) is 12.5 Å². The average molecular weight is 388 g/mol. The Balaban J connectivity index is 1.40. The van der Waals surface area contributed by atoms with Crippen molar-refractivity contribution < 1.29 is 19.1 Å². The summed E-state index contributed by atoms with van der Waals surface area (Å²) in [7, 11) is 3.51. The fourth-order valence-corrected chi connectivity index (χ4v) is 2.81. The van der Waals surface area contributed by atoms with Gasteiger partial charge in [0.25, 0.3) is 5.91 Å².